The first kappa shape index (κ1) is 24.0. The van der Waals surface area contributed by atoms with Crippen molar-refractivity contribution in [1.82, 2.24) is 19.2 Å². The van der Waals surface area contributed by atoms with Crippen molar-refractivity contribution < 1.29 is 43.2 Å². The highest BCUT2D eigenvalue weighted by atomic mass is 32.2. The molecule has 9 nitrogen and oxygen atoms in total. The number of rotatable bonds is 5. The van der Waals surface area contributed by atoms with Gasteiger partial charge in [-0.15, -0.1) is 10.2 Å². The van der Waals surface area contributed by atoms with Crippen LogP contribution in [-0.4, -0.2) is 48.9 Å². The molecule has 0 bridgehead atoms. The van der Waals surface area contributed by atoms with Gasteiger partial charge in [0.1, 0.15) is 0 Å². The summed E-state index contributed by atoms with van der Waals surface area (Å²) in [4.78, 5) is -0.195. The van der Waals surface area contributed by atoms with Gasteiger partial charge < -0.3 is 4.42 Å². The number of halogens is 5. The highest BCUT2D eigenvalue weighted by Crippen LogP contribution is 2.39. The number of alkyl halides is 5. The van der Waals surface area contributed by atoms with E-state index in [1.807, 2.05) is 0 Å². The molecular formula is C17H17F5N4O5S2. The van der Waals surface area contributed by atoms with E-state index in [9.17, 15) is 38.8 Å². The topological polar surface area (TPSA) is 122 Å². The Hall–Kier alpha value is -2.17. The molecule has 0 radical (unpaired) electrons. The number of sulfonamides is 2. The molecule has 0 amide bonds. The monoisotopic (exact) mass is 516 g/mol. The van der Waals surface area contributed by atoms with Crippen molar-refractivity contribution in [3.8, 4) is 11.5 Å². The van der Waals surface area contributed by atoms with Gasteiger partial charge in [-0.25, -0.2) is 21.6 Å². The molecule has 2 atom stereocenters. The molecule has 1 aliphatic heterocycles. The zero-order valence-corrected chi connectivity index (χ0v) is 18.2. The molecule has 1 aromatic heterocycles. The summed E-state index contributed by atoms with van der Waals surface area (Å²) in [6, 6.07) is 1.66. The average Bonchev–Trinajstić information content (AvgIpc) is 3.31. The van der Waals surface area contributed by atoms with E-state index in [1.54, 1.807) is 4.72 Å². The maximum atomic E-state index is 13.2. The van der Waals surface area contributed by atoms with Gasteiger partial charge in [-0.05, 0) is 30.5 Å². The van der Waals surface area contributed by atoms with Gasteiger partial charge in [0, 0.05) is 24.2 Å². The van der Waals surface area contributed by atoms with Gasteiger partial charge in [-0.1, -0.05) is 18.9 Å². The van der Waals surface area contributed by atoms with Crippen molar-refractivity contribution >= 4 is 20.0 Å². The highest BCUT2D eigenvalue weighted by molar-refractivity contribution is 7.90. The zero-order valence-electron chi connectivity index (χ0n) is 16.6. The lowest BCUT2D eigenvalue weighted by Crippen LogP contribution is -2.55. The minimum atomic E-state index is -5.67. The first-order valence-corrected chi connectivity index (χ1v) is 12.6. The van der Waals surface area contributed by atoms with Crippen LogP contribution < -0.4 is 4.72 Å². The minimum absolute atomic E-state index is 0.0337. The van der Waals surface area contributed by atoms with Crippen molar-refractivity contribution in [1.29, 1.82) is 0 Å². The molecular weight excluding hydrogens is 499 g/mol. The fourth-order valence-corrected chi connectivity index (χ4v) is 6.75. The van der Waals surface area contributed by atoms with Crippen LogP contribution >= 0.6 is 0 Å². The van der Waals surface area contributed by atoms with Crippen LogP contribution in [0.3, 0.4) is 0 Å². The first-order valence-electron chi connectivity index (χ1n) is 9.66. The molecule has 16 heteroatoms. The standard InChI is InChI=1S/C17H17F5N4O5S2/c18-14(19)16-24-23-15(31-16)9-5-6-10-8-26(32(27,28)13(10)7-9)12-4-2-1-3-11(12)25-33(29,30)17(20,21)22/h5-7,11-12,14,25H,1-4,8H2/t11-,12-/m1/s1. The van der Waals surface area contributed by atoms with E-state index in [0.29, 0.717) is 18.4 Å². The lowest BCUT2D eigenvalue weighted by Gasteiger charge is -2.37. The maximum absolute atomic E-state index is 13.2. The largest absolute Gasteiger partial charge is 0.511 e. The van der Waals surface area contributed by atoms with Crippen LogP contribution in [0.4, 0.5) is 22.0 Å². The van der Waals surface area contributed by atoms with Crippen LogP contribution in [0, 0.1) is 0 Å². The van der Waals surface area contributed by atoms with Crippen LogP contribution in [0.1, 0.15) is 43.6 Å². The second-order valence-corrected chi connectivity index (χ2v) is 11.2. The van der Waals surface area contributed by atoms with Gasteiger partial charge in [0.2, 0.25) is 15.9 Å². The molecule has 0 saturated heterocycles. The smallest absolute Gasteiger partial charge is 0.415 e. The molecule has 1 N–H and O–H groups in total. The van der Waals surface area contributed by atoms with Gasteiger partial charge in [0.25, 0.3) is 5.89 Å². The maximum Gasteiger partial charge on any atom is 0.511 e. The summed E-state index contributed by atoms with van der Waals surface area (Å²) in [5.74, 6) is -1.26. The number of benzene rings is 1. The first-order chi connectivity index (χ1) is 15.3. The summed E-state index contributed by atoms with van der Waals surface area (Å²) < 4.78 is 121. The fraction of sp³-hybridized carbons (Fsp3) is 0.529. The van der Waals surface area contributed by atoms with E-state index in [2.05, 4.69) is 10.2 Å². The number of hydrogen-bond donors (Lipinski definition) is 1. The van der Waals surface area contributed by atoms with Crippen molar-refractivity contribution in [2.75, 3.05) is 0 Å². The average molecular weight is 516 g/mol. The van der Waals surface area contributed by atoms with Gasteiger partial charge in [-0.3, -0.25) is 0 Å². The number of nitrogens with one attached hydrogen (secondary N) is 1. The van der Waals surface area contributed by atoms with E-state index in [1.165, 1.54) is 12.1 Å². The molecule has 1 aromatic carbocycles. The minimum Gasteiger partial charge on any atom is -0.415 e. The van der Waals surface area contributed by atoms with E-state index in [4.69, 9.17) is 4.42 Å². The molecule has 33 heavy (non-hydrogen) atoms. The molecule has 182 valence electrons. The Morgan fingerprint density at radius 2 is 1.85 bits per heavy atom. The van der Waals surface area contributed by atoms with Gasteiger partial charge >= 0.3 is 22.0 Å². The third-order valence-electron chi connectivity index (χ3n) is 5.56. The van der Waals surface area contributed by atoms with E-state index in [0.717, 1.165) is 10.4 Å². The molecule has 2 heterocycles. The highest BCUT2D eigenvalue weighted by Gasteiger charge is 2.50. The Kier molecular flexibility index (Phi) is 5.99. The van der Waals surface area contributed by atoms with Crippen molar-refractivity contribution in [3.63, 3.8) is 0 Å². The Morgan fingerprint density at radius 3 is 2.48 bits per heavy atom. The molecule has 0 spiro atoms. The van der Waals surface area contributed by atoms with E-state index >= 15 is 0 Å². The number of fused-ring (bicyclic) bond motifs is 1. The van der Waals surface area contributed by atoms with Crippen molar-refractivity contribution in [2.24, 2.45) is 0 Å². The molecule has 4 rings (SSSR count). The molecule has 0 unspecified atom stereocenters. The summed E-state index contributed by atoms with van der Waals surface area (Å²) in [5, 5.41) is 6.67. The molecule has 2 aliphatic rings. The molecule has 1 fully saturated rings. The Bertz CT molecular complexity index is 1260. The summed E-state index contributed by atoms with van der Waals surface area (Å²) in [6.45, 7) is -0.182. The fourth-order valence-electron chi connectivity index (χ4n) is 4.03. The zero-order chi connectivity index (χ0) is 24.2. The van der Waals surface area contributed by atoms with E-state index in [-0.39, 0.29) is 35.7 Å². The summed E-state index contributed by atoms with van der Waals surface area (Å²) >= 11 is 0. The lowest BCUT2D eigenvalue weighted by atomic mass is 9.91. The lowest BCUT2D eigenvalue weighted by molar-refractivity contribution is -0.0454. The van der Waals surface area contributed by atoms with Gasteiger partial charge in [0.15, 0.2) is 0 Å². The summed E-state index contributed by atoms with van der Waals surface area (Å²) in [6.07, 6.45) is -1.89. The summed E-state index contributed by atoms with van der Waals surface area (Å²) in [7, 11) is -9.90. The molecule has 1 saturated carbocycles. The van der Waals surface area contributed by atoms with Crippen molar-refractivity contribution in [3.05, 3.63) is 29.7 Å². The van der Waals surface area contributed by atoms with Gasteiger partial charge in [-0.2, -0.15) is 26.3 Å². The van der Waals surface area contributed by atoms with Crippen LogP contribution in [0.25, 0.3) is 11.5 Å². The van der Waals surface area contributed by atoms with Crippen LogP contribution in [-0.2, 0) is 26.6 Å². The molecule has 2 aromatic rings. The van der Waals surface area contributed by atoms with Crippen LogP contribution in [0.2, 0.25) is 0 Å². The number of aromatic nitrogens is 2. The predicted molar refractivity (Wildman–Crippen MR) is 102 cm³/mol. The number of hydrogen-bond acceptors (Lipinski definition) is 7. The Labute approximate surface area is 185 Å². The quantitative estimate of drug-likeness (QED) is 0.607. The van der Waals surface area contributed by atoms with Crippen molar-refractivity contribution in [2.45, 2.75) is 61.1 Å². The second-order valence-electron chi connectivity index (χ2n) is 7.64. The van der Waals surface area contributed by atoms with Crippen LogP contribution in [0.15, 0.2) is 27.5 Å². The third kappa shape index (κ3) is 4.36. The second kappa shape index (κ2) is 8.25. The van der Waals surface area contributed by atoms with E-state index < -0.39 is 50.0 Å². The van der Waals surface area contributed by atoms with Crippen LogP contribution in [0.5, 0.6) is 0 Å². The Balaban J connectivity index is 1.64. The van der Waals surface area contributed by atoms with Gasteiger partial charge in [0.05, 0.1) is 4.90 Å². The third-order valence-corrected chi connectivity index (χ3v) is 8.74. The number of nitrogens with zero attached hydrogens (tertiary/aromatic N) is 3. The Morgan fingerprint density at radius 1 is 1.15 bits per heavy atom. The SMILES string of the molecule is O=S1(=O)c2cc(-c3nnc(C(F)F)o3)ccc2CN1[C@@H]1CCCC[C@H]1NS(=O)(=O)C(F)(F)F. The molecule has 1 aliphatic carbocycles. The summed E-state index contributed by atoms with van der Waals surface area (Å²) in [5.41, 5.74) is -5.15. The normalized spacial score (nSPS) is 23.7. The predicted octanol–water partition coefficient (Wildman–Crippen LogP) is 2.93.